The molecule has 0 spiro atoms. The Morgan fingerprint density at radius 1 is 1.30 bits per heavy atom. The molecule has 2 saturated heterocycles. The topological polar surface area (TPSA) is 67.9 Å². The van der Waals surface area contributed by atoms with E-state index in [0.29, 0.717) is 13.2 Å². The number of hydrogen-bond donors (Lipinski definition) is 1. The van der Waals surface area contributed by atoms with Gasteiger partial charge in [0, 0.05) is 25.0 Å². The average molecular weight is 284 g/mol. The lowest BCUT2D eigenvalue weighted by Gasteiger charge is -2.31. The predicted octanol–water partition coefficient (Wildman–Crippen LogP) is 1.15. The maximum Gasteiger partial charge on any atom is 0.411 e. The van der Waals surface area contributed by atoms with Crippen molar-refractivity contribution in [3.05, 3.63) is 0 Å². The van der Waals surface area contributed by atoms with E-state index in [2.05, 4.69) is 5.32 Å². The number of esters is 1. The van der Waals surface area contributed by atoms with Gasteiger partial charge in [-0.2, -0.15) is 0 Å². The van der Waals surface area contributed by atoms with Gasteiger partial charge in [-0.15, -0.1) is 0 Å². The highest BCUT2D eigenvalue weighted by molar-refractivity contribution is 5.83. The molecule has 3 atom stereocenters. The van der Waals surface area contributed by atoms with Crippen molar-refractivity contribution >= 4 is 12.1 Å². The van der Waals surface area contributed by atoms with Gasteiger partial charge in [-0.05, 0) is 34.1 Å². The molecule has 6 heteroatoms. The number of ether oxygens (including phenoxy) is 2. The molecule has 0 radical (unpaired) electrons. The number of nitrogens with one attached hydrogen (secondary N) is 1. The molecule has 2 aliphatic heterocycles. The first kappa shape index (κ1) is 15.1. The molecular formula is C14H24N2O4. The molecular weight excluding hydrogens is 260 g/mol. The quantitative estimate of drug-likeness (QED) is 0.770. The second-order valence-electron chi connectivity index (χ2n) is 6.39. The number of nitrogens with zero attached hydrogens (tertiary/aromatic N) is 1. The monoisotopic (exact) mass is 284 g/mol. The minimum Gasteiger partial charge on any atom is -0.464 e. The van der Waals surface area contributed by atoms with Crippen LogP contribution in [0.2, 0.25) is 0 Å². The van der Waals surface area contributed by atoms with Crippen LogP contribution in [0.15, 0.2) is 0 Å². The summed E-state index contributed by atoms with van der Waals surface area (Å²) >= 11 is 0. The van der Waals surface area contributed by atoms with Gasteiger partial charge in [-0.1, -0.05) is 0 Å². The first-order chi connectivity index (χ1) is 9.33. The molecule has 2 aliphatic rings. The lowest BCUT2D eigenvalue weighted by atomic mass is 9.96. The molecule has 0 aliphatic carbocycles. The summed E-state index contributed by atoms with van der Waals surface area (Å²) in [6.45, 7) is 9.00. The predicted molar refractivity (Wildman–Crippen MR) is 73.3 cm³/mol. The van der Waals surface area contributed by atoms with E-state index < -0.39 is 17.7 Å². The Bertz CT molecular complexity index is 391. The summed E-state index contributed by atoms with van der Waals surface area (Å²) in [6.07, 6.45) is 0.405. The number of amides is 1. The van der Waals surface area contributed by atoms with Crippen LogP contribution in [0, 0.1) is 5.92 Å². The van der Waals surface area contributed by atoms with Crippen molar-refractivity contribution < 1.29 is 19.1 Å². The van der Waals surface area contributed by atoms with E-state index in [1.165, 1.54) is 0 Å². The molecule has 0 aromatic carbocycles. The summed E-state index contributed by atoms with van der Waals surface area (Å²) in [4.78, 5) is 26.1. The summed E-state index contributed by atoms with van der Waals surface area (Å²) in [5.41, 5.74) is -0.569. The van der Waals surface area contributed by atoms with Gasteiger partial charge in [0.05, 0.1) is 6.61 Å². The summed E-state index contributed by atoms with van der Waals surface area (Å²) in [7, 11) is 0. The van der Waals surface area contributed by atoms with Crippen LogP contribution in [0.5, 0.6) is 0 Å². The lowest BCUT2D eigenvalue weighted by Crippen LogP contribution is -2.49. The number of hydrogen-bond acceptors (Lipinski definition) is 5. The zero-order valence-corrected chi connectivity index (χ0v) is 12.6. The van der Waals surface area contributed by atoms with Crippen molar-refractivity contribution in [1.82, 2.24) is 10.2 Å². The van der Waals surface area contributed by atoms with Gasteiger partial charge in [0.15, 0.2) is 0 Å². The SMILES string of the molecule is CCOC(=O)[C@@H]1[C@H]2CNC[C@H](C2)N1C(=O)OC(C)(C)C. The van der Waals surface area contributed by atoms with E-state index in [1.807, 2.05) is 20.8 Å². The number of piperidine rings is 1. The molecule has 20 heavy (non-hydrogen) atoms. The Labute approximate surface area is 119 Å². The van der Waals surface area contributed by atoms with Crippen molar-refractivity contribution in [2.45, 2.75) is 51.8 Å². The molecule has 0 aromatic heterocycles. The van der Waals surface area contributed by atoms with Gasteiger partial charge in [-0.25, -0.2) is 9.59 Å². The number of likely N-dealkylation sites (tertiary alicyclic amines) is 1. The first-order valence-electron chi connectivity index (χ1n) is 7.22. The molecule has 114 valence electrons. The van der Waals surface area contributed by atoms with Gasteiger partial charge in [-0.3, -0.25) is 4.90 Å². The van der Waals surface area contributed by atoms with Crippen molar-refractivity contribution in [1.29, 1.82) is 0 Å². The normalized spacial score (nSPS) is 29.2. The van der Waals surface area contributed by atoms with Crippen LogP contribution in [-0.4, -0.2) is 54.3 Å². The highest BCUT2D eigenvalue weighted by atomic mass is 16.6. The molecule has 1 amide bonds. The van der Waals surface area contributed by atoms with Gasteiger partial charge < -0.3 is 14.8 Å². The van der Waals surface area contributed by atoms with E-state index in [1.54, 1.807) is 11.8 Å². The van der Waals surface area contributed by atoms with Crippen LogP contribution in [0.1, 0.15) is 34.1 Å². The second-order valence-corrected chi connectivity index (χ2v) is 6.39. The van der Waals surface area contributed by atoms with Crippen LogP contribution in [-0.2, 0) is 14.3 Å². The molecule has 2 fully saturated rings. The molecule has 1 N–H and O–H groups in total. The van der Waals surface area contributed by atoms with Crippen molar-refractivity contribution in [3.8, 4) is 0 Å². The number of fused-ring (bicyclic) bond motifs is 2. The van der Waals surface area contributed by atoms with E-state index in [-0.39, 0.29) is 17.9 Å². The number of carbonyl (C=O) groups is 2. The average Bonchev–Trinajstić information content (AvgIpc) is 2.58. The Kier molecular flexibility index (Phi) is 4.22. The van der Waals surface area contributed by atoms with Crippen molar-refractivity contribution in [2.24, 2.45) is 5.92 Å². The first-order valence-corrected chi connectivity index (χ1v) is 7.22. The van der Waals surface area contributed by atoms with Gasteiger partial charge in [0.25, 0.3) is 0 Å². The number of carbonyl (C=O) groups excluding carboxylic acids is 2. The highest BCUT2D eigenvalue weighted by Gasteiger charge is 2.51. The Hall–Kier alpha value is -1.30. The Morgan fingerprint density at radius 3 is 2.60 bits per heavy atom. The standard InChI is InChI=1S/C14H24N2O4/c1-5-19-12(17)11-9-6-10(8-15-7-9)16(11)13(18)20-14(2,3)4/h9-11,15H,5-8H2,1-4H3/t9-,10+,11+/m1/s1. The number of rotatable bonds is 2. The molecule has 2 bridgehead atoms. The summed E-state index contributed by atoms with van der Waals surface area (Å²) in [6, 6.07) is -0.511. The zero-order chi connectivity index (χ0) is 14.9. The van der Waals surface area contributed by atoms with Crippen LogP contribution < -0.4 is 5.32 Å². The summed E-state index contributed by atoms with van der Waals surface area (Å²) in [5.74, 6) is -0.213. The fourth-order valence-corrected chi connectivity index (χ4v) is 2.97. The summed E-state index contributed by atoms with van der Waals surface area (Å²) in [5, 5.41) is 3.26. The third-order valence-electron chi connectivity index (χ3n) is 3.63. The fourth-order valence-electron chi connectivity index (χ4n) is 2.97. The maximum atomic E-state index is 12.4. The minimum atomic E-state index is -0.569. The van der Waals surface area contributed by atoms with E-state index in [0.717, 1.165) is 13.0 Å². The highest BCUT2D eigenvalue weighted by Crippen LogP contribution is 2.34. The summed E-state index contributed by atoms with van der Waals surface area (Å²) < 4.78 is 10.6. The molecule has 2 rings (SSSR count). The third-order valence-corrected chi connectivity index (χ3v) is 3.63. The van der Waals surface area contributed by atoms with Crippen molar-refractivity contribution in [3.63, 3.8) is 0 Å². The van der Waals surface area contributed by atoms with E-state index in [4.69, 9.17) is 9.47 Å². The van der Waals surface area contributed by atoms with Gasteiger partial charge >= 0.3 is 12.1 Å². The molecule has 0 aromatic rings. The Balaban J connectivity index is 2.18. The minimum absolute atomic E-state index is 0.0120. The second kappa shape index (κ2) is 5.60. The third kappa shape index (κ3) is 3.06. The Morgan fingerprint density at radius 2 is 2.00 bits per heavy atom. The zero-order valence-electron chi connectivity index (χ0n) is 12.6. The molecule has 0 unspecified atom stereocenters. The molecule has 6 nitrogen and oxygen atoms in total. The maximum absolute atomic E-state index is 12.4. The van der Waals surface area contributed by atoms with Crippen LogP contribution in [0.4, 0.5) is 4.79 Å². The van der Waals surface area contributed by atoms with Crippen molar-refractivity contribution in [2.75, 3.05) is 19.7 Å². The smallest absolute Gasteiger partial charge is 0.411 e. The van der Waals surface area contributed by atoms with Gasteiger partial charge in [0.1, 0.15) is 11.6 Å². The van der Waals surface area contributed by atoms with Crippen LogP contribution in [0.25, 0.3) is 0 Å². The van der Waals surface area contributed by atoms with E-state index >= 15 is 0 Å². The van der Waals surface area contributed by atoms with Gasteiger partial charge in [0.2, 0.25) is 0 Å². The van der Waals surface area contributed by atoms with Crippen LogP contribution >= 0.6 is 0 Å². The molecule has 2 heterocycles. The van der Waals surface area contributed by atoms with Crippen LogP contribution in [0.3, 0.4) is 0 Å². The fraction of sp³-hybridized carbons (Fsp3) is 0.857. The van der Waals surface area contributed by atoms with E-state index in [9.17, 15) is 9.59 Å². The largest absolute Gasteiger partial charge is 0.464 e. The lowest BCUT2D eigenvalue weighted by molar-refractivity contribution is -0.149. The molecule has 0 saturated carbocycles.